The fourth-order valence-electron chi connectivity index (χ4n) is 2.47. The topological polar surface area (TPSA) is 67.4 Å². The van der Waals surface area contributed by atoms with Gasteiger partial charge >= 0.3 is 0 Å². The highest BCUT2D eigenvalue weighted by Gasteiger charge is 2.17. The van der Waals surface area contributed by atoms with Crippen molar-refractivity contribution in [3.8, 4) is 5.75 Å². The molecule has 0 aliphatic rings. The van der Waals surface area contributed by atoms with Crippen LogP contribution in [0.4, 0.5) is 5.69 Å². The van der Waals surface area contributed by atoms with Crippen LogP contribution >= 0.6 is 15.9 Å². The number of ether oxygens (including phenoxy) is 1. The van der Waals surface area contributed by atoms with E-state index >= 15 is 0 Å². The molecule has 0 atom stereocenters. The zero-order valence-corrected chi connectivity index (χ0v) is 17.3. The number of amides is 2. The monoisotopic (exact) mass is 432 g/mol. The van der Waals surface area contributed by atoms with Crippen molar-refractivity contribution in [1.82, 2.24) is 5.32 Å². The van der Waals surface area contributed by atoms with Crippen LogP contribution in [0.15, 0.2) is 46.9 Å². The highest BCUT2D eigenvalue weighted by atomic mass is 79.9. The van der Waals surface area contributed by atoms with Crippen LogP contribution in [-0.2, 0) is 0 Å². The molecule has 0 saturated heterocycles. The highest BCUT2D eigenvalue weighted by molar-refractivity contribution is 9.10. The quantitative estimate of drug-likeness (QED) is 0.546. The van der Waals surface area contributed by atoms with Gasteiger partial charge in [0.25, 0.3) is 11.8 Å². The van der Waals surface area contributed by atoms with Crippen LogP contribution in [0.2, 0.25) is 0 Å². The normalized spacial score (nSPS) is 10.3. The predicted molar refractivity (Wildman–Crippen MR) is 112 cm³/mol. The predicted octanol–water partition coefficient (Wildman–Crippen LogP) is 5.02. The second kappa shape index (κ2) is 10.7. The Morgan fingerprint density at radius 1 is 1.00 bits per heavy atom. The van der Waals surface area contributed by atoms with Gasteiger partial charge < -0.3 is 15.4 Å². The molecule has 5 nitrogen and oxygen atoms in total. The van der Waals surface area contributed by atoms with E-state index in [9.17, 15) is 9.59 Å². The van der Waals surface area contributed by atoms with E-state index in [1.54, 1.807) is 36.4 Å². The maximum atomic E-state index is 12.8. The molecule has 144 valence electrons. The Morgan fingerprint density at radius 2 is 1.78 bits per heavy atom. The van der Waals surface area contributed by atoms with Crippen LogP contribution in [0.1, 0.15) is 53.8 Å². The molecule has 0 spiro atoms. The summed E-state index contributed by atoms with van der Waals surface area (Å²) in [5, 5.41) is 5.72. The maximum Gasteiger partial charge on any atom is 0.259 e. The molecule has 0 saturated carbocycles. The van der Waals surface area contributed by atoms with Crippen LogP contribution < -0.4 is 15.4 Å². The summed E-state index contributed by atoms with van der Waals surface area (Å²) in [7, 11) is 0. The average molecular weight is 433 g/mol. The van der Waals surface area contributed by atoms with Gasteiger partial charge in [-0.15, -0.1) is 0 Å². The largest absolute Gasteiger partial charge is 0.493 e. The van der Waals surface area contributed by atoms with Gasteiger partial charge in [0.05, 0.1) is 23.4 Å². The molecular weight excluding hydrogens is 408 g/mol. The zero-order chi connectivity index (χ0) is 19.6. The highest BCUT2D eigenvalue weighted by Crippen LogP contribution is 2.25. The lowest BCUT2D eigenvalue weighted by molar-refractivity contribution is 0.0954. The fraction of sp³-hybridized carbons (Fsp3) is 0.333. The minimum atomic E-state index is -0.323. The van der Waals surface area contributed by atoms with Gasteiger partial charge in [-0.1, -0.05) is 48.3 Å². The molecule has 2 aromatic rings. The van der Waals surface area contributed by atoms with E-state index in [2.05, 4.69) is 33.5 Å². The Bertz CT molecular complexity index is 793. The van der Waals surface area contributed by atoms with Gasteiger partial charge in [-0.2, -0.15) is 0 Å². The minimum Gasteiger partial charge on any atom is -0.493 e. The number of nitrogens with one attached hydrogen (secondary N) is 2. The molecule has 0 unspecified atom stereocenters. The van der Waals surface area contributed by atoms with Gasteiger partial charge in [-0.25, -0.2) is 0 Å². The third kappa shape index (κ3) is 6.10. The molecule has 27 heavy (non-hydrogen) atoms. The third-order valence-corrected chi connectivity index (χ3v) is 4.38. The number of rotatable bonds is 9. The Labute approximate surface area is 168 Å². The summed E-state index contributed by atoms with van der Waals surface area (Å²) in [5.41, 5.74) is 1.32. The van der Waals surface area contributed by atoms with Crippen molar-refractivity contribution in [2.75, 3.05) is 18.5 Å². The number of anilines is 1. The van der Waals surface area contributed by atoms with Gasteiger partial charge in [0.2, 0.25) is 0 Å². The van der Waals surface area contributed by atoms with Crippen molar-refractivity contribution >= 4 is 33.4 Å². The van der Waals surface area contributed by atoms with Gasteiger partial charge in [0.1, 0.15) is 5.75 Å². The summed E-state index contributed by atoms with van der Waals surface area (Å²) in [6.07, 6.45) is 2.76. The number of benzene rings is 2. The number of halogens is 1. The molecule has 2 aromatic carbocycles. The first-order valence-electron chi connectivity index (χ1n) is 9.17. The van der Waals surface area contributed by atoms with Crippen LogP contribution in [0.3, 0.4) is 0 Å². The van der Waals surface area contributed by atoms with Crippen molar-refractivity contribution in [2.24, 2.45) is 0 Å². The van der Waals surface area contributed by atoms with E-state index in [1.165, 1.54) is 0 Å². The zero-order valence-electron chi connectivity index (χ0n) is 15.7. The standard InChI is InChI=1S/C21H25BrN2O3/c1-3-5-12-23-20(25)16-8-6-7-9-18(16)24-21(26)17-14-15(22)10-11-19(17)27-13-4-2/h6-11,14H,3-5,12-13H2,1-2H3,(H,23,25)(H,24,26). The molecule has 0 heterocycles. The number of para-hydroxylation sites is 1. The van der Waals surface area contributed by atoms with Crippen molar-refractivity contribution < 1.29 is 14.3 Å². The number of hydrogen-bond donors (Lipinski definition) is 2. The van der Waals surface area contributed by atoms with Crippen LogP contribution in [0, 0.1) is 0 Å². The minimum absolute atomic E-state index is 0.198. The second-order valence-corrected chi connectivity index (χ2v) is 7.01. The van der Waals surface area contributed by atoms with Crippen molar-refractivity contribution in [3.05, 3.63) is 58.1 Å². The molecular formula is C21H25BrN2O3. The first-order chi connectivity index (χ1) is 13.1. The first-order valence-corrected chi connectivity index (χ1v) is 9.97. The van der Waals surface area contributed by atoms with E-state index in [4.69, 9.17) is 4.74 Å². The van der Waals surface area contributed by atoms with E-state index in [0.29, 0.717) is 35.7 Å². The lowest BCUT2D eigenvalue weighted by Gasteiger charge is -2.14. The molecule has 0 aromatic heterocycles. The number of carbonyl (C=O) groups is 2. The molecule has 0 aliphatic heterocycles. The van der Waals surface area contributed by atoms with E-state index in [0.717, 1.165) is 23.7 Å². The van der Waals surface area contributed by atoms with Crippen molar-refractivity contribution in [2.45, 2.75) is 33.1 Å². The SMILES string of the molecule is CCCCNC(=O)c1ccccc1NC(=O)c1cc(Br)ccc1OCCC. The van der Waals surface area contributed by atoms with E-state index < -0.39 is 0 Å². The maximum absolute atomic E-state index is 12.8. The molecule has 0 fully saturated rings. The van der Waals surface area contributed by atoms with Gasteiger partial charge in [0.15, 0.2) is 0 Å². The Balaban J connectivity index is 2.21. The Hall–Kier alpha value is -2.34. The Morgan fingerprint density at radius 3 is 2.52 bits per heavy atom. The van der Waals surface area contributed by atoms with E-state index in [1.807, 2.05) is 13.0 Å². The molecule has 2 rings (SSSR count). The molecule has 0 aliphatic carbocycles. The Kier molecular flexibility index (Phi) is 8.33. The summed E-state index contributed by atoms with van der Waals surface area (Å²) in [6.45, 7) is 5.21. The smallest absolute Gasteiger partial charge is 0.259 e. The van der Waals surface area contributed by atoms with Crippen molar-refractivity contribution in [1.29, 1.82) is 0 Å². The summed E-state index contributed by atoms with van der Waals surface area (Å²) in [5.74, 6) is -0.00492. The number of unbranched alkanes of at least 4 members (excludes halogenated alkanes) is 1. The lowest BCUT2D eigenvalue weighted by atomic mass is 10.1. The number of hydrogen-bond acceptors (Lipinski definition) is 3. The molecule has 0 bridgehead atoms. The fourth-order valence-corrected chi connectivity index (χ4v) is 2.83. The van der Waals surface area contributed by atoms with E-state index in [-0.39, 0.29) is 11.8 Å². The van der Waals surface area contributed by atoms with Crippen LogP contribution in [0.5, 0.6) is 5.75 Å². The van der Waals surface area contributed by atoms with Gasteiger partial charge in [-0.05, 0) is 43.2 Å². The van der Waals surface area contributed by atoms with Gasteiger partial charge in [0, 0.05) is 11.0 Å². The summed E-state index contributed by atoms with van der Waals surface area (Å²) in [6, 6.07) is 12.3. The molecule has 0 radical (unpaired) electrons. The second-order valence-electron chi connectivity index (χ2n) is 6.10. The van der Waals surface area contributed by atoms with Gasteiger partial charge in [-0.3, -0.25) is 9.59 Å². The first kappa shape index (κ1) is 21.0. The van der Waals surface area contributed by atoms with Crippen LogP contribution in [0.25, 0.3) is 0 Å². The molecule has 2 amide bonds. The molecule has 2 N–H and O–H groups in total. The number of carbonyl (C=O) groups excluding carboxylic acids is 2. The van der Waals surface area contributed by atoms with Crippen molar-refractivity contribution in [3.63, 3.8) is 0 Å². The average Bonchev–Trinajstić information content (AvgIpc) is 2.67. The summed E-state index contributed by atoms with van der Waals surface area (Å²) >= 11 is 3.39. The summed E-state index contributed by atoms with van der Waals surface area (Å²) in [4.78, 5) is 25.3. The lowest BCUT2D eigenvalue weighted by Crippen LogP contribution is -2.26. The summed E-state index contributed by atoms with van der Waals surface area (Å²) < 4.78 is 6.46. The molecule has 6 heteroatoms. The van der Waals surface area contributed by atoms with Crippen LogP contribution in [-0.4, -0.2) is 25.0 Å². The third-order valence-electron chi connectivity index (χ3n) is 3.88.